The van der Waals surface area contributed by atoms with Gasteiger partial charge in [0.25, 0.3) is 0 Å². The van der Waals surface area contributed by atoms with Crippen molar-refractivity contribution in [3.63, 3.8) is 0 Å². The Morgan fingerprint density at radius 2 is 2.24 bits per heavy atom. The van der Waals surface area contributed by atoms with Gasteiger partial charge in [-0.25, -0.2) is 4.79 Å². The molecule has 2 rings (SSSR count). The number of nitrogens with zero attached hydrogens (tertiary/aromatic N) is 2. The Bertz CT molecular complexity index is 282. The van der Waals surface area contributed by atoms with Gasteiger partial charge in [-0.1, -0.05) is 13.8 Å². The van der Waals surface area contributed by atoms with Crippen LogP contribution in [0.15, 0.2) is 0 Å². The number of carbonyl (C=O) groups excluding carboxylic acids is 1. The number of carbonyl (C=O) groups is 1. The third-order valence-corrected chi connectivity index (χ3v) is 4.05. The van der Waals surface area contributed by atoms with Crippen LogP contribution in [0, 0.1) is 11.8 Å². The standard InChI is InChI=1S/C12H24N4O/c1-9(2)10(5-13)7-15-3-4-16-11(8-15)6-14-12(16)17/h9-11H,3-8,13H2,1-2H3,(H,14,17). The Labute approximate surface area is 103 Å². The van der Waals surface area contributed by atoms with Crippen molar-refractivity contribution in [1.82, 2.24) is 15.1 Å². The topological polar surface area (TPSA) is 61.6 Å². The summed E-state index contributed by atoms with van der Waals surface area (Å²) >= 11 is 0. The smallest absolute Gasteiger partial charge is 0.317 e. The van der Waals surface area contributed by atoms with Gasteiger partial charge in [-0.15, -0.1) is 0 Å². The number of amides is 2. The molecule has 2 aliphatic heterocycles. The van der Waals surface area contributed by atoms with E-state index in [1.165, 1.54) is 0 Å². The maximum absolute atomic E-state index is 11.5. The largest absolute Gasteiger partial charge is 0.336 e. The van der Waals surface area contributed by atoms with Gasteiger partial charge in [0.05, 0.1) is 6.04 Å². The van der Waals surface area contributed by atoms with Crippen LogP contribution >= 0.6 is 0 Å². The molecule has 0 aromatic carbocycles. The van der Waals surface area contributed by atoms with Crippen molar-refractivity contribution in [2.45, 2.75) is 19.9 Å². The maximum Gasteiger partial charge on any atom is 0.317 e. The van der Waals surface area contributed by atoms with Crippen LogP contribution in [0.5, 0.6) is 0 Å². The van der Waals surface area contributed by atoms with Gasteiger partial charge < -0.3 is 16.0 Å². The number of piperazine rings is 1. The van der Waals surface area contributed by atoms with Gasteiger partial charge in [0, 0.05) is 32.7 Å². The Balaban J connectivity index is 1.86. The van der Waals surface area contributed by atoms with Crippen molar-refractivity contribution in [1.29, 1.82) is 0 Å². The lowest BCUT2D eigenvalue weighted by Crippen LogP contribution is -2.53. The summed E-state index contributed by atoms with van der Waals surface area (Å²) in [7, 11) is 0. The van der Waals surface area contributed by atoms with Gasteiger partial charge in [0.15, 0.2) is 0 Å². The second kappa shape index (κ2) is 5.23. The van der Waals surface area contributed by atoms with Gasteiger partial charge in [-0.05, 0) is 18.4 Å². The third-order valence-electron chi connectivity index (χ3n) is 4.05. The zero-order chi connectivity index (χ0) is 12.4. The molecule has 2 aliphatic rings. The van der Waals surface area contributed by atoms with Crippen LogP contribution in [0.25, 0.3) is 0 Å². The van der Waals surface area contributed by atoms with Crippen LogP contribution in [-0.2, 0) is 0 Å². The van der Waals surface area contributed by atoms with E-state index in [-0.39, 0.29) is 6.03 Å². The Morgan fingerprint density at radius 3 is 2.88 bits per heavy atom. The van der Waals surface area contributed by atoms with Crippen molar-refractivity contribution < 1.29 is 4.79 Å². The summed E-state index contributed by atoms with van der Waals surface area (Å²) in [5.74, 6) is 1.19. The fourth-order valence-electron chi connectivity index (χ4n) is 2.72. The summed E-state index contributed by atoms with van der Waals surface area (Å²) in [6, 6.07) is 0.468. The molecule has 0 radical (unpaired) electrons. The van der Waals surface area contributed by atoms with E-state index >= 15 is 0 Å². The van der Waals surface area contributed by atoms with Crippen LogP contribution in [-0.4, -0.2) is 61.1 Å². The summed E-state index contributed by atoms with van der Waals surface area (Å²) in [6.07, 6.45) is 0. The number of nitrogens with two attached hydrogens (primary N) is 1. The monoisotopic (exact) mass is 240 g/mol. The van der Waals surface area contributed by atoms with Gasteiger partial charge in [-0.2, -0.15) is 0 Å². The van der Waals surface area contributed by atoms with E-state index in [1.54, 1.807) is 0 Å². The van der Waals surface area contributed by atoms with Gasteiger partial charge in [0.2, 0.25) is 0 Å². The summed E-state index contributed by atoms with van der Waals surface area (Å²) in [5, 5.41) is 2.91. The zero-order valence-electron chi connectivity index (χ0n) is 10.9. The highest BCUT2D eigenvalue weighted by Crippen LogP contribution is 2.17. The number of hydrogen-bond donors (Lipinski definition) is 2. The van der Waals surface area contributed by atoms with Crippen LogP contribution in [0.3, 0.4) is 0 Å². The number of fused-ring (bicyclic) bond motifs is 1. The minimum Gasteiger partial charge on any atom is -0.336 e. The van der Waals surface area contributed by atoms with Crippen molar-refractivity contribution in [3.05, 3.63) is 0 Å². The first-order valence-corrected chi connectivity index (χ1v) is 6.58. The molecule has 2 amide bonds. The molecule has 2 fully saturated rings. The fraction of sp³-hybridized carbons (Fsp3) is 0.917. The van der Waals surface area contributed by atoms with Gasteiger partial charge in [0.1, 0.15) is 0 Å². The third kappa shape index (κ3) is 2.72. The highest BCUT2D eigenvalue weighted by atomic mass is 16.2. The van der Waals surface area contributed by atoms with Crippen molar-refractivity contribution in [2.24, 2.45) is 17.6 Å². The first-order chi connectivity index (χ1) is 8.11. The molecule has 2 atom stereocenters. The highest BCUT2D eigenvalue weighted by molar-refractivity contribution is 5.77. The van der Waals surface area contributed by atoms with Gasteiger partial charge in [-0.3, -0.25) is 4.90 Å². The Morgan fingerprint density at radius 1 is 1.47 bits per heavy atom. The molecule has 5 nitrogen and oxygen atoms in total. The lowest BCUT2D eigenvalue weighted by Gasteiger charge is -2.38. The molecule has 3 N–H and O–H groups in total. The average Bonchev–Trinajstić information content (AvgIpc) is 2.67. The Hall–Kier alpha value is -0.810. The predicted molar refractivity (Wildman–Crippen MR) is 67.7 cm³/mol. The first kappa shape index (κ1) is 12.6. The van der Waals surface area contributed by atoms with E-state index in [4.69, 9.17) is 5.73 Å². The van der Waals surface area contributed by atoms with Gasteiger partial charge >= 0.3 is 6.03 Å². The molecule has 98 valence electrons. The molecule has 0 bridgehead atoms. The molecule has 5 heteroatoms. The second-order valence-corrected chi connectivity index (χ2v) is 5.53. The van der Waals surface area contributed by atoms with E-state index < -0.39 is 0 Å². The summed E-state index contributed by atoms with van der Waals surface area (Å²) in [4.78, 5) is 15.9. The molecule has 0 aromatic heterocycles. The lowest BCUT2D eigenvalue weighted by molar-refractivity contribution is 0.102. The zero-order valence-corrected chi connectivity index (χ0v) is 10.9. The maximum atomic E-state index is 11.5. The predicted octanol–water partition coefficient (Wildman–Crippen LogP) is -0.0733. The second-order valence-electron chi connectivity index (χ2n) is 5.53. The molecule has 0 spiro atoms. The number of rotatable bonds is 4. The molecule has 2 saturated heterocycles. The van der Waals surface area contributed by atoms with Crippen LogP contribution in [0.1, 0.15) is 13.8 Å². The van der Waals surface area contributed by atoms with Crippen LogP contribution in [0.2, 0.25) is 0 Å². The van der Waals surface area contributed by atoms with Crippen molar-refractivity contribution >= 4 is 6.03 Å². The average molecular weight is 240 g/mol. The minimum absolute atomic E-state index is 0.105. The Kier molecular flexibility index (Phi) is 3.89. The molecule has 17 heavy (non-hydrogen) atoms. The van der Waals surface area contributed by atoms with Crippen molar-refractivity contribution in [2.75, 3.05) is 39.3 Å². The first-order valence-electron chi connectivity index (χ1n) is 6.58. The molecule has 2 unspecified atom stereocenters. The lowest BCUT2D eigenvalue weighted by atomic mass is 9.95. The van der Waals surface area contributed by atoms with E-state index in [0.717, 1.165) is 39.3 Å². The normalized spacial score (nSPS) is 27.2. The van der Waals surface area contributed by atoms with Crippen LogP contribution in [0.4, 0.5) is 4.79 Å². The van der Waals surface area contributed by atoms with E-state index in [2.05, 4.69) is 24.1 Å². The minimum atomic E-state index is 0.105. The molecule has 0 aromatic rings. The number of urea groups is 1. The molecular formula is C12H24N4O. The SMILES string of the molecule is CC(C)C(CN)CN1CCN2C(=O)NCC2C1. The number of hydrogen-bond acceptors (Lipinski definition) is 3. The molecule has 0 saturated carbocycles. The summed E-state index contributed by atoms with van der Waals surface area (Å²) in [5.41, 5.74) is 5.82. The number of nitrogens with one attached hydrogen (secondary N) is 1. The molecule has 2 heterocycles. The summed E-state index contributed by atoms with van der Waals surface area (Å²) in [6.45, 7) is 9.89. The quantitative estimate of drug-likeness (QED) is 0.723. The van der Waals surface area contributed by atoms with Crippen molar-refractivity contribution in [3.8, 4) is 0 Å². The summed E-state index contributed by atoms with van der Waals surface area (Å²) < 4.78 is 0. The van der Waals surface area contributed by atoms with Crippen LogP contribution < -0.4 is 11.1 Å². The molecular weight excluding hydrogens is 216 g/mol. The van der Waals surface area contributed by atoms with E-state index in [9.17, 15) is 4.79 Å². The van der Waals surface area contributed by atoms with E-state index in [1.807, 2.05) is 4.90 Å². The van der Waals surface area contributed by atoms with E-state index in [0.29, 0.717) is 17.9 Å². The fourth-order valence-corrected chi connectivity index (χ4v) is 2.72. The highest BCUT2D eigenvalue weighted by Gasteiger charge is 2.35. The molecule has 0 aliphatic carbocycles.